The van der Waals surface area contributed by atoms with Crippen molar-refractivity contribution in [2.45, 2.75) is 41.3 Å². The van der Waals surface area contributed by atoms with Crippen LogP contribution in [0, 0.1) is 0 Å². The normalized spacial score (nSPS) is 38.8. The van der Waals surface area contributed by atoms with Gasteiger partial charge in [0.25, 0.3) is 0 Å². The first-order valence-corrected chi connectivity index (χ1v) is 6.73. The molecular formula is C12H14O3S. The Balaban J connectivity index is 1.91. The largest absolute Gasteiger partial charge is 0.389 e. The molecule has 2 aliphatic rings. The summed E-state index contributed by atoms with van der Waals surface area (Å²) in [6.07, 6.45) is 1.95. The van der Waals surface area contributed by atoms with E-state index in [4.69, 9.17) is 4.74 Å². The SMILES string of the molecule is O=S(c1ccccc1)[C@]12O[C@H]1CCC[C@H]2O. The molecule has 1 unspecified atom stereocenters. The van der Waals surface area contributed by atoms with Crippen LogP contribution < -0.4 is 0 Å². The van der Waals surface area contributed by atoms with Crippen molar-refractivity contribution in [3.8, 4) is 0 Å². The van der Waals surface area contributed by atoms with Crippen LogP contribution in [-0.4, -0.2) is 26.5 Å². The van der Waals surface area contributed by atoms with Gasteiger partial charge in [-0.3, -0.25) is 4.21 Å². The van der Waals surface area contributed by atoms with E-state index in [1.165, 1.54) is 0 Å². The standard InChI is InChI=1S/C12H14O3S/c13-10-7-4-8-11-12(10,15-11)16(14)9-5-2-1-3-6-9/h1-3,5-6,10-11,13H,4,7-8H2/t10-,11+,12+,16?/m1/s1. The number of aliphatic hydroxyl groups excluding tert-OH is 1. The number of hydrogen-bond donors (Lipinski definition) is 1. The van der Waals surface area contributed by atoms with Crippen LogP contribution in [0.5, 0.6) is 0 Å². The van der Waals surface area contributed by atoms with Crippen molar-refractivity contribution < 1.29 is 14.1 Å². The summed E-state index contributed by atoms with van der Waals surface area (Å²) in [7, 11) is -1.26. The van der Waals surface area contributed by atoms with Gasteiger partial charge < -0.3 is 9.84 Å². The van der Waals surface area contributed by atoms with Crippen molar-refractivity contribution in [1.82, 2.24) is 0 Å². The third kappa shape index (κ3) is 1.37. The van der Waals surface area contributed by atoms with Crippen molar-refractivity contribution >= 4 is 10.8 Å². The fourth-order valence-corrected chi connectivity index (χ4v) is 4.15. The summed E-state index contributed by atoms with van der Waals surface area (Å²) < 4.78 is 17.9. The van der Waals surface area contributed by atoms with Crippen molar-refractivity contribution in [1.29, 1.82) is 0 Å². The predicted octanol–water partition coefficient (Wildman–Crippen LogP) is 1.43. The summed E-state index contributed by atoms with van der Waals surface area (Å²) in [4.78, 5) is -0.0643. The third-order valence-electron chi connectivity index (χ3n) is 3.37. The second-order valence-electron chi connectivity index (χ2n) is 4.36. The molecular weight excluding hydrogens is 224 g/mol. The van der Waals surface area contributed by atoms with Gasteiger partial charge in [0, 0.05) is 4.90 Å². The second-order valence-corrected chi connectivity index (χ2v) is 6.00. The van der Waals surface area contributed by atoms with Crippen LogP contribution in [0.2, 0.25) is 0 Å². The minimum absolute atomic E-state index is 0.0164. The van der Waals surface area contributed by atoms with Gasteiger partial charge in [0.1, 0.15) is 6.10 Å². The highest BCUT2D eigenvalue weighted by Gasteiger charge is 2.67. The molecule has 4 atom stereocenters. The molecule has 1 saturated heterocycles. The van der Waals surface area contributed by atoms with Crippen LogP contribution >= 0.6 is 0 Å². The number of rotatable bonds is 2. The summed E-state index contributed by atoms with van der Waals surface area (Å²) >= 11 is 0. The maximum atomic E-state index is 12.4. The van der Waals surface area contributed by atoms with Crippen molar-refractivity contribution in [3.05, 3.63) is 30.3 Å². The Morgan fingerprint density at radius 3 is 2.75 bits per heavy atom. The van der Waals surface area contributed by atoms with Gasteiger partial charge in [-0.2, -0.15) is 0 Å². The zero-order valence-corrected chi connectivity index (χ0v) is 9.65. The van der Waals surface area contributed by atoms with Gasteiger partial charge in [0.05, 0.1) is 16.9 Å². The first-order valence-electron chi connectivity index (χ1n) is 5.58. The first kappa shape index (κ1) is 10.4. The molecule has 86 valence electrons. The number of hydrogen-bond acceptors (Lipinski definition) is 3. The molecule has 0 amide bonds. The van der Waals surface area contributed by atoms with Crippen LogP contribution in [-0.2, 0) is 15.5 Å². The molecule has 0 spiro atoms. The third-order valence-corrected chi connectivity index (χ3v) is 5.28. The van der Waals surface area contributed by atoms with Gasteiger partial charge in [0.2, 0.25) is 0 Å². The van der Waals surface area contributed by atoms with Crippen molar-refractivity contribution in [2.75, 3.05) is 0 Å². The van der Waals surface area contributed by atoms with Crippen LogP contribution in [0.3, 0.4) is 0 Å². The Hall–Kier alpha value is -0.710. The van der Waals surface area contributed by atoms with Gasteiger partial charge >= 0.3 is 0 Å². The van der Waals surface area contributed by atoms with Gasteiger partial charge in [-0.1, -0.05) is 18.2 Å². The number of epoxide rings is 1. The van der Waals surface area contributed by atoms with E-state index in [9.17, 15) is 9.32 Å². The van der Waals surface area contributed by atoms with Crippen LogP contribution in [0.25, 0.3) is 0 Å². The summed E-state index contributed by atoms with van der Waals surface area (Å²) in [5, 5.41) is 9.98. The zero-order chi connectivity index (χ0) is 11.2. The number of ether oxygens (including phenoxy) is 1. The van der Waals surface area contributed by atoms with Crippen molar-refractivity contribution in [3.63, 3.8) is 0 Å². The molecule has 0 radical (unpaired) electrons. The molecule has 3 rings (SSSR count). The molecule has 1 N–H and O–H groups in total. The summed E-state index contributed by atoms with van der Waals surface area (Å²) in [6.45, 7) is 0. The Morgan fingerprint density at radius 2 is 2.06 bits per heavy atom. The van der Waals surface area contributed by atoms with Crippen LogP contribution in [0.4, 0.5) is 0 Å². The lowest BCUT2D eigenvalue weighted by Gasteiger charge is -2.22. The number of fused-ring (bicyclic) bond motifs is 1. The Labute approximate surface area is 96.9 Å². The van der Waals surface area contributed by atoms with E-state index in [1.807, 2.05) is 30.3 Å². The maximum Gasteiger partial charge on any atom is 0.199 e. The molecule has 2 fully saturated rings. The summed E-state index contributed by atoms with van der Waals surface area (Å²) in [6, 6.07) is 9.25. The fraction of sp³-hybridized carbons (Fsp3) is 0.500. The molecule has 1 heterocycles. The highest BCUT2D eigenvalue weighted by atomic mass is 32.2. The molecule has 0 bridgehead atoms. The van der Waals surface area contributed by atoms with Gasteiger partial charge in [-0.05, 0) is 31.4 Å². The molecule has 16 heavy (non-hydrogen) atoms. The molecule has 3 nitrogen and oxygen atoms in total. The monoisotopic (exact) mass is 238 g/mol. The lowest BCUT2D eigenvalue weighted by atomic mass is 9.97. The van der Waals surface area contributed by atoms with Crippen LogP contribution in [0.15, 0.2) is 35.2 Å². The molecule has 0 aromatic heterocycles. The Morgan fingerprint density at radius 1 is 1.31 bits per heavy atom. The van der Waals surface area contributed by atoms with E-state index in [0.29, 0.717) is 6.42 Å². The van der Waals surface area contributed by atoms with Gasteiger partial charge in [0.15, 0.2) is 4.93 Å². The molecule has 1 aromatic carbocycles. The average molecular weight is 238 g/mol. The highest BCUT2D eigenvalue weighted by molar-refractivity contribution is 7.86. The van der Waals surface area contributed by atoms with E-state index in [-0.39, 0.29) is 6.10 Å². The minimum atomic E-state index is -1.26. The van der Waals surface area contributed by atoms with Gasteiger partial charge in [-0.25, -0.2) is 0 Å². The fourth-order valence-electron chi connectivity index (χ4n) is 2.45. The molecule has 1 aromatic rings. The number of benzene rings is 1. The van der Waals surface area contributed by atoms with E-state index in [1.54, 1.807) is 0 Å². The summed E-state index contributed by atoms with van der Waals surface area (Å²) in [5.74, 6) is 0. The molecule has 1 saturated carbocycles. The van der Waals surface area contributed by atoms with E-state index in [2.05, 4.69) is 0 Å². The number of aliphatic hydroxyl groups is 1. The summed E-state index contributed by atoms with van der Waals surface area (Å²) in [5.41, 5.74) is 0. The lowest BCUT2D eigenvalue weighted by molar-refractivity contribution is 0.107. The minimum Gasteiger partial charge on any atom is -0.389 e. The second kappa shape index (κ2) is 3.65. The lowest BCUT2D eigenvalue weighted by Crippen LogP contribution is -2.39. The average Bonchev–Trinajstić information content (AvgIpc) is 3.06. The van der Waals surface area contributed by atoms with Crippen molar-refractivity contribution in [2.24, 2.45) is 0 Å². The molecule has 1 aliphatic carbocycles. The topological polar surface area (TPSA) is 49.8 Å². The smallest absolute Gasteiger partial charge is 0.199 e. The molecule has 1 aliphatic heterocycles. The van der Waals surface area contributed by atoms with E-state index in [0.717, 1.165) is 17.7 Å². The predicted molar refractivity (Wildman–Crippen MR) is 60.3 cm³/mol. The molecule has 4 heteroatoms. The highest BCUT2D eigenvalue weighted by Crippen LogP contribution is 2.51. The van der Waals surface area contributed by atoms with E-state index < -0.39 is 21.8 Å². The van der Waals surface area contributed by atoms with Crippen LogP contribution in [0.1, 0.15) is 19.3 Å². The Kier molecular flexibility index (Phi) is 2.38. The maximum absolute atomic E-state index is 12.4. The zero-order valence-electron chi connectivity index (χ0n) is 8.83. The van der Waals surface area contributed by atoms with Gasteiger partial charge in [-0.15, -0.1) is 0 Å². The quantitative estimate of drug-likeness (QED) is 0.793. The van der Waals surface area contributed by atoms with E-state index >= 15 is 0 Å². The Bertz CT molecular complexity index is 420. The first-order chi connectivity index (χ1) is 7.75.